The van der Waals surface area contributed by atoms with Crippen LogP contribution < -0.4 is 4.74 Å². The molecule has 182 valence electrons. The molecule has 0 aromatic heterocycles. The maximum absolute atomic E-state index is 12.4. The molecule has 0 radical (unpaired) electrons. The highest BCUT2D eigenvalue weighted by atomic mass is 16.6. The van der Waals surface area contributed by atoms with E-state index in [2.05, 4.69) is 18.2 Å². The predicted molar refractivity (Wildman–Crippen MR) is 131 cm³/mol. The number of piperidine rings is 1. The number of carbonyl (C=O) groups excluding carboxylic acids is 2. The summed E-state index contributed by atoms with van der Waals surface area (Å²) in [7, 11) is 0. The van der Waals surface area contributed by atoms with Gasteiger partial charge in [0, 0.05) is 25.9 Å². The molecule has 0 saturated carbocycles. The number of hydrogen-bond donors (Lipinski definition) is 0. The molecule has 0 atom stereocenters. The van der Waals surface area contributed by atoms with Crippen LogP contribution in [0, 0.1) is 0 Å². The minimum absolute atomic E-state index is 0.202. The molecular weight excluding hydrogens is 430 g/mol. The van der Waals surface area contributed by atoms with E-state index < -0.39 is 5.60 Å². The van der Waals surface area contributed by atoms with Crippen molar-refractivity contribution in [3.63, 3.8) is 0 Å². The second-order valence-corrected chi connectivity index (χ2v) is 10.3. The zero-order valence-corrected chi connectivity index (χ0v) is 20.7. The molecule has 1 spiro atoms. The molecule has 0 bridgehead atoms. The van der Waals surface area contributed by atoms with Crippen molar-refractivity contribution < 1.29 is 23.8 Å². The van der Waals surface area contributed by atoms with Gasteiger partial charge in [0.1, 0.15) is 17.0 Å². The first-order valence-corrected chi connectivity index (χ1v) is 12.2. The van der Waals surface area contributed by atoms with Crippen LogP contribution in [0.15, 0.2) is 42.5 Å². The molecule has 34 heavy (non-hydrogen) atoms. The summed E-state index contributed by atoms with van der Waals surface area (Å²) in [6, 6.07) is 14.4. The van der Waals surface area contributed by atoms with Crippen molar-refractivity contribution in [1.29, 1.82) is 0 Å². The molecule has 6 heteroatoms. The van der Waals surface area contributed by atoms with E-state index in [1.54, 1.807) is 4.90 Å². The van der Waals surface area contributed by atoms with Gasteiger partial charge in [-0.05, 0) is 74.9 Å². The number of rotatable bonds is 4. The first-order valence-electron chi connectivity index (χ1n) is 12.2. The van der Waals surface area contributed by atoms with Crippen LogP contribution in [0.5, 0.6) is 5.75 Å². The first kappa shape index (κ1) is 24.1. The first-order chi connectivity index (χ1) is 16.2. The van der Waals surface area contributed by atoms with E-state index >= 15 is 0 Å². The minimum atomic E-state index is -0.481. The molecule has 2 aromatic rings. The summed E-state index contributed by atoms with van der Waals surface area (Å²) in [4.78, 5) is 25.9. The van der Waals surface area contributed by atoms with Crippen molar-refractivity contribution in [1.82, 2.24) is 4.90 Å². The topological polar surface area (TPSA) is 65.1 Å². The summed E-state index contributed by atoms with van der Waals surface area (Å²) < 4.78 is 17.1. The second-order valence-electron chi connectivity index (χ2n) is 10.3. The van der Waals surface area contributed by atoms with Crippen molar-refractivity contribution in [2.45, 2.75) is 71.0 Å². The molecule has 0 unspecified atom stereocenters. The van der Waals surface area contributed by atoms with Gasteiger partial charge < -0.3 is 19.1 Å². The summed E-state index contributed by atoms with van der Waals surface area (Å²) in [6.45, 7) is 9.20. The maximum Gasteiger partial charge on any atom is 0.410 e. The van der Waals surface area contributed by atoms with E-state index in [1.165, 1.54) is 5.56 Å². The van der Waals surface area contributed by atoms with Crippen LogP contribution in [0.4, 0.5) is 4.79 Å². The van der Waals surface area contributed by atoms with Crippen molar-refractivity contribution in [2.24, 2.45) is 0 Å². The van der Waals surface area contributed by atoms with E-state index in [0.29, 0.717) is 26.1 Å². The van der Waals surface area contributed by atoms with Gasteiger partial charge in [-0.2, -0.15) is 0 Å². The highest BCUT2D eigenvalue weighted by Gasteiger charge is 2.41. The molecule has 2 aliphatic heterocycles. The lowest BCUT2D eigenvalue weighted by atomic mass is 9.82. The Labute approximate surface area is 202 Å². The number of benzene rings is 2. The largest absolute Gasteiger partial charge is 0.487 e. The Kier molecular flexibility index (Phi) is 6.87. The van der Waals surface area contributed by atoms with Crippen LogP contribution in [0.25, 0.3) is 11.1 Å². The highest BCUT2D eigenvalue weighted by Crippen LogP contribution is 2.41. The van der Waals surface area contributed by atoms with Gasteiger partial charge in [0.25, 0.3) is 0 Å². The lowest BCUT2D eigenvalue weighted by molar-refractivity contribution is -0.142. The maximum atomic E-state index is 12.4. The normalized spacial score (nSPS) is 17.0. The number of likely N-dealkylation sites (tertiary alicyclic amines) is 1. The van der Waals surface area contributed by atoms with Gasteiger partial charge in [-0.3, -0.25) is 4.79 Å². The average Bonchev–Trinajstić information content (AvgIpc) is 2.79. The third-order valence-electron chi connectivity index (χ3n) is 6.50. The smallest absolute Gasteiger partial charge is 0.410 e. The van der Waals surface area contributed by atoms with Crippen molar-refractivity contribution >= 4 is 12.1 Å². The summed E-state index contributed by atoms with van der Waals surface area (Å²) >= 11 is 0. The van der Waals surface area contributed by atoms with Crippen molar-refractivity contribution in [3.05, 3.63) is 53.6 Å². The predicted octanol–water partition coefficient (Wildman–Crippen LogP) is 5.55. The Hall–Kier alpha value is -3.02. The standard InChI is InChI=1S/C28H35NO5/c1-5-32-25(30)18-20-6-8-21(9-7-20)22-10-11-24-23(19-22)12-13-28(33-24)14-16-29(17-15-28)26(31)34-27(2,3)4/h6-11,19H,5,12-18H2,1-4H3. The van der Waals surface area contributed by atoms with Crippen LogP contribution in [-0.2, 0) is 27.1 Å². The molecule has 2 aliphatic rings. The Bertz CT molecular complexity index is 1030. The fourth-order valence-electron chi connectivity index (χ4n) is 4.67. The van der Waals surface area contributed by atoms with Crippen molar-refractivity contribution in [3.8, 4) is 16.9 Å². The number of amides is 1. The third-order valence-corrected chi connectivity index (χ3v) is 6.50. The summed E-state index contributed by atoms with van der Waals surface area (Å²) in [5, 5.41) is 0. The fraction of sp³-hybridized carbons (Fsp3) is 0.500. The molecule has 1 fully saturated rings. The van der Waals surface area contributed by atoms with Gasteiger partial charge in [0.2, 0.25) is 0 Å². The van der Waals surface area contributed by atoms with Crippen LogP contribution in [0.2, 0.25) is 0 Å². The summed E-state index contributed by atoms with van der Waals surface area (Å²) in [5.41, 5.74) is 3.73. The summed E-state index contributed by atoms with van der Waals surface area (Å²) in [6.07, 6.45) is 3.58. The molecular formula is C28H35NO5. The Morgan fingerprint density at radius 1 is 1.00 bits per heavy atom. The molecule has 0 N–H and O–H groups in total. The summed E-state index contributed by atoms with van der Waals surface area (Å²) in [5.74, 6) is 0.742. The van der Waals surface area contributed by atoms with Crippen LogP contribution in [-0.4, -0.2) is 47.9 Å². The van der Waals surface area contributed by atoms with Crippen LogP contribution in [0.3, 0.4) is 0 Å². The molecule has 4 rings (SSSR count). The number of aryl methyl sites for hydroxylation is 1. The number of esters is 1. The highest BCUT2D eigenvalue weighted by molar-refractivity contribution is 5.73. The van der Waals surface area contributed by atoms with E-state index in [4.69, 9.17) is 14.2 Å². The Morgan fingerprint density at radius 2 is 1.68 bits per heavy atom. The molecule has 6 nitrogen and oxygen atoms in total. The van der Waals surface area contributed by atoms with E-state index in [9.17, 15) is 9.59 Å². The lowest BCUT2D eigenvalue weighted by Crippen LogP contribution is -2.52. The number of hydrogen-bond acceptors (Lipinski definition) is 5. The molecule has 2 heterocycles. The van der Waals surface area contributed by atoms with E-state index in [-0.39, 0.29) is 17.7 Å². The number of carbonyl (C=O) groups is 2. The zero-order valence-electron chi connectivity index (χ0n) is 20.7. The quantitative estimate of drug-likeness (QED) is 0.554. The van der Waals surface area contributed by atoms with E-state index in [1.807, 2.05) is 52.0 Å². The minimum Gasteiger partial charge on any atom is -0.487 e. The van der Waals surface area contributed by atoms with Gasteiger partial charge in [-0.15, -0.1) is 0 Å². The number of ether oxygens (including phenoxy) is 3. The zero-order chi connectivity index (χ0) is 24.3. The fourth-order valence-corrected chi connectivity index (χ4v) is 4.67. The Balaban J connectivity index is 1.38. The van der Waals surface area contributed by atoms with Gasteiger partial charge >= 0.3 is 12.1 Å². The molecule has 1 saturated heterocycles. The van der Waals surface area contributed by atoms with E-state index in [0.717, 1.165) is 48.1 Å². The van der Waals surface area contributed by atoms with Crippen LogP contribution in [0.1, 0.15) is 58.1 Å². The SMILES string of the molecule is CCOC(=O)Cc1ccc(-c2ccc3c(c2)CCC2(CCN(C(=O)OC(C)(C)C)CC2)O3)cc1. The molecule has 2 aromatic carbocycles. The Morgan fingerprint density at radius 3 is 2.32 bits per heavy atom. The second kappa shape index (κ2) is 9.69. The monoisotopic (exact) mass is 465 g/mol. The molecule has 0 aliphatic carbocycles. The van der Waals surface area contributed by atoms with Gasteiger partial charge in [0.15, 0.2) is 0 Å². The van der Waals surface area contributed by atoms with Gasteiger partial charge in [-0.25, -0.2) is 4.79 Å². The third kappa shape index (κ3) is 5.72. The van der Waals surface area contributed by atoms with Gasteiger partial charge in [0.05, 0.1) is 13.0 Å². The van der Waals surface area contributed by atoms with Crippen molar-refractivity contribution in [2.75, 3.05) is 19.7 Å². The number of fused-ring (bicyclic) bond motifs is 1. The van der Waals surface area contributed by atoms with Gasteiger partial charge in [-0.1, -0.05) is 30.3 Å². The number of nitrogens with zero attached hydrogens (tertiary/aromatic N) is 1. The lowest BCUT2D eigenvalue weighted by Gasteiger charge is -2.44. The average molecular weight is 466 g/mol. The van der Waals surface area contributed by atoms with Crippen LogP contribution >= 0.6 is 0 Å². The molecule has 1 amide bonds.